The number of rotatable bonds is 8. The fourth-order valence-electron chi connectivity index (χ4n) is 2.86. The zero-order valence-corrected chi connectivity index (χ0v) is 17.5. The minimum atomic E-state index is -5.09. The highest BCUT2D eigenvalue weighted by molar-refractivity contribution is 7.91. The Morgan fingerprint density at radius 1 is 0.909 bits per heavy atom. The van der Waals surface area contributed by atoms with E-state index in [1.165, 1.54) is 24.3 Å². The number of sulfone groups is 1. The maximum Gasteiger partial charge on any atom is 0.416 e. The minimum absolute atomic E-state index is 0.0387. The molecule has 2 aromatic rings. The van der Waals surface area contributed by atoms with Crippen LogP contribution in [0, 0.1) is 0 Å². The second-order valence-corrected chi connectivity index (χ2v) is 9.14. The van der Waals surface area contributed by atoms with Gasteiger partial charge in [0.05, 0.1) is 28.2 Å². The summed E-state index contributed by atoms with van der Waals surface area (Å²) in [4.78, 5) is 23.8. The molecule has 2 aromatic carbocycles. The number of amides is 2. The molecule has 0 heterocycles. The highest BCUT2D eigenvalue weighted by atomic mass is 32.2. The molecule has 180 valence electrons. The van der Waals surface area contributed by atoms with E-state index in [0.717, 1.165) is 0 Å². The zero-order valence-electron chi connectivity index (χ0n) is 16.7. The van der Waals surface area contributed by atoms with Crippen molar-refractivity contribution in [2.24, 2.45) is 5.73 Å². The van der Waals surface area contributed by atoms with Crippen molar-refractivity contribution in [3.63, 3.8) is 0 Å². The van der Waals surface area contributed by atoms with Gasteiger partial charge in [-0.05, 0) is 42.3 Å². The number of hydrogen-bond donors (Lipinski definition) is 2. The lowest BCUT2D eigenvalue weighted by molar-refractivity contribution is -0.143. The molecule has 0 spiro atoms. The van der Waals surface area contributed by atoms with Crippen LogP contribution in [0.4, 0.5) is 26.3 Å². The smallest absolute Gasteiger partial charge is 0.368 e. The summed E-state index contributed by atoms with van der Waals surface area (Å²) in [6, 6.07) is 6.35. The largest absolute Gasteiger partial charge is 0.416 e. The average molecular weight is 496 g/mol. The van der Waals surface area contributed by atoms with Crippen LogP contribution >= 0.6 is 0 Å². The molecule has 6 nitrogen and oxygen atoms in total. The van der Waals surface area contributed by atoms with E-state index in [9.17, 15) is 44.3 Å². The molecule has 1 atom stereocenters. The summed E-state index contributed by atoms with van der Waals surface area (Å²) >= 11 is 0. The molecule has 0 aliphatic heterocycles. The normalized spacial score (nSPS) is 13.4. The van der Waals surface area contributed by atoms with Crippen LogP contribution in [0.5, 0.6) is 0 Å². The van der Waals surface area contributed by atoms with Gasteiger partial charge in [-0.25, -0.2) is 8.42 Å². The monoisotopic (exact) mass is 496 g/mol. The maximum absolute atomic E-state index is 13.0. The van der Waals surface area contributed by atoms with Crippen molar-refractivity contribution in [2.75, 3.05) is 5.75 Å². The molecule has 0 aliphatic carbocycles. The number of benzene rings is 2. The molecule has 0 aromatic heterocycles. The molecule has 0 saturated heterocycles. The highest BCUT2D eigenvalue weighted by Crippen LogP contribution is 2.36. The predicted octanol–water partition coefficient (Wildman–Crippen LogP) is 3.10. The number of primary amides is 1. The molecule has 3 N–H and O–H groups in total. The van der Waals surface area contributed by atoms with Gasteiger partial charge in [-0.2, -0.15) is 26.3 Å². The van der Waals surface area contributed by atoms with E-state index in [-0.39, 0.29) is 11.0 Å². The van der Waals surface area contributed by atoms with E-state index in [2.05, 4.69) is 5.32 Å². The van der Waals surface area contributed by atoms with Gasteiger partial charge in [0, 0.05) is 0 Å². The first-order valence-corrected chi connectivity index (χ1v) is 10.9. The summed E-state index contributed by atoms with van der Waals surface area (Å²) in [7, 11) is -3.84. The van der Waals surface area contributed by atoms with E-state index < -0.39 is 75.3 Å². The van der Waals surface area contributed by atoms with E-state index >= 15 is 0 Å². The molecule has 2 rings (SSSR count). The minimum Gasteiger partial charge on any atom is -0.368 e. The second-order valence-electron chi connectivity index (χ2n) is 7.03. The summed E-state index contributed by atoms with van der Waals surface area (Å²) in [5.74, 6) is -2.82. The van der Waals surface area contributed by atoms with E-state index in [0.29, 0.717) is 12.1 Å². The summed E-state index contributed by atoms with van der Waals surface area (Å²) in [6.45, 7) is 0. The van der Waals surface area contributed by atoms with Gasteiger partial charge in [0.15, 0.2) is 9.84 Å². The molecule has 2 amide bonds. The van der Waals surface area contributed by atoms with Gasteiger partial charge in [-0.3, -0.25) is 9.59 Å². The summed E-state index contributed by atoms with van der Waals surface area (Å²) in [5.41, 5.74) is 1.37. The van der Waals surface area contributed by atoms with Gasteiger partial charge < -0.3 is 11.1 Å². The number of carbonyl (C=O) groups is 2. The van der Waals surface area contributed by atoms with Crippen molar-refractivity contribution in [2.45, 2.75) is 36.1 Å². The molecular weight excluding hydrogens is 478 g/mol. The third-order valence-corrected chi connectivity index (χ3v) is 6.23. The van der Waals surface area contributed by atoms with Crippen LogP contribution in [0.25, 0.3) is 0 Å². The van der Waals surface area contributed by atoms with Crippen LogP contribution < -0.4 is 11.1 Å². The Morgan fingerprint density at radius 2 is 1.42 bits per heavy atom. The molecule has 0 radical (unpaired) electrons. The van der Waals surface area contributed by atoms with Crippen molar-refractivity contribution in [3.05, 3.63) is 65.2 Å². The van der Waals surface area contributed by atoms with Crippen LogP contribution in [0.3, 0.4) is 0 Å². The molecular formula is C20H18F6N2O4S. The SMILES string of the molecule is NC(=O)[C@@H](CCS(=O)(=O)c1ccccc1)NC(=O)Cc1cc(C(F)(F)F)cc(C(F)(F)F)c1. The van der Waals surface area contributed by atoms with Crippen LogP contribution in [0.2, 0.25) is 0 Å². The lowest BCUT2D eigenvalue weighted by Gasteiger charge is -2.17. The van der Waals surface area contributed by atoms with Gasteiger partial charge in [-0.15, -0.1) is 0 Å². The number of alkyl halides is 6. The standard InChI is InChI=1S/C20H18F6N2O4S/c21-19(22,23)13-8-12(9-14(11-13)20(24,25)26)10-17(29)28-16(18(27)30)6-7-33(31,32)15-4-2-1-3-5-15/h1-5,8-9,11,16H,6-7,10H2,(H2,27,30)(H,28,29)/t16-/m1/s1. The summed E-state index contributed by atoms with van der Waals surface area (Å²) < 4.78 is 102. The third kappa shape index (κ3) is 7.48. The zero-order chi connectivity index (χ0) is 25.0. The number of nitrogens with two attached hydrogens (primary N) is 1. The van der Waals surface area contributed by atoms with Crippen LogP contribution in [-0.4, -0.2) is 32.0 Å². The van der Waals surface area contributed by atoms with Crippen LogP contribution in [0.15, 0.2) is 53.4 Å². The predicted molar refractivity (Wildman–Crippen MR) is 104 cm³/mol. The van der Waals surface area contributed by atoms with Crippen molar-refractivity contribution < 1.29 is 44.3 Å². The Bertz CT molecular complexity index is 1080. The first-order chi connectivity index (χ1) is 15.1. The highest BCUT2D eigenvalue weighted by Gasteiger charge is 2.37. The molecule has 0 fully saturated rings. The summed E-state index contributed by atoms with van der Waals surface area (Å²) in [6.07, 6.45) is -11.6. The summed E-state index contributed by atoms with van der Waals surface area (Å²) in [5, 5.41) is 2.06. The van der Waals surface area contributed by atoms with Gasteiger partial charge in [-0.1, -0.05) is 18.2 Å². The third-order valence-electron chi connectivity index (χ3n) is 4.47. The van der Waals surface area contributed by atoms with Crippen molar-refractivity contribution in [1.82, 2.24) is 5.32 Å². The Hall–Kier alpha value is -3.09. The lowest BCUT2D eigenvalue weighted by atomic mass is 10.0. The van der Waals surface area contributed by atoms with Crippen molar-refractivity contribution >= 4 is 21.7 Å². The van der Waals surface area contributed by atoms with Crippen LogP contribution in [0.1, 0.15) is 23.1 Å². The van der Waals surface area contributed by atoms with E-state index in [4.69, 9.17) is 5.73 Å². The Labute approximate surface area is 184 Å². The number of carbonyl (C=O) groups excluding carboxylic acids is 2. The molecule has 0 saturated carbocycles. The molecule has 0 aliphatic rings. The number of halogens is 6. The van der Waals surface area contributed by atoms with Gasteiger partial charge in [0.1, 0.15) is 6.04 Å². The maximum atomic E-state index is 13.0. The van der Waals surface area contributed by atoms with Gasteiger partial charge in [0.25, 0.3) is 0 Å². The molecule has 0 bridgehead atoms. The molecule has 0 unspecified atom stereocenters. The lowest BCUT2D eigenvalue weighted by Crippen LogP contribution is -2.46. The second kappa shape index (κ2) is 9.81. The first kappa shape index (κ1) is 26.2. The molecule has 33 heavy (non-hydrogen) atoms. The fraction of sp³-hybridized carbons (Fsp3) is 0.300. The number of hydrogen-bond acceptors (Lipinski definition) is 4. The number of nitrogens with one attached hydrogen (secondary N) is 1. The van der Waals surface area contributed by atoms with Gasteiger partial charge >= 0.3 is 12.4 Å². The van der Waals surface area contributed by atoms with Crippen molar-refractivity contribution in [1.29, 1.82) is 0 Å². The fourth-order valence-corrected chi connectivity index (χ4v) is 4.21. The van der Waals surface area contributed by atoms with Crippen molar-refractivity contribution in [3.8, 4) is 0 Å². The first-order valence-electron chi connectivity index (χ1n) is 9.24. The average Bonchev–Trinajstić information content (AvgIpc) is 2.70. The Morgan fingerprint density at radius 3 is 1.88 bits per heavy atom. The van der Waals surface area contributed by atoms with E-state index in [1.54, 1.807) is 6.07 Å². The topological polar surface area (TPSA) is 106 Å². The van der Waals surface area contributed by atoms with E-state index in [1.807, 2.05) is 0 Å². The quantitative estimate of drug-likeness (QED) is 0.548. The van der Waals surface area contributed by atoms with Crippen LogP contribution in [-0.2, 0) is 38.2 Å². The Kier molecular flexibility index (Phi) is 7.78. The van der Waals surface area contributed by atoms with Gasteiger partial charge in [0.2, 0.25) is 11.8 Å². The molecule has 13 heteroatoms. The Balaban J connectivity index is 2.16.